The number of urea groups is 1. The van der Waals surface area contributed by atoms with E-state index in [-0.39, 0.29) is 24.9 Å². The number of hydrogen-bond acceptors (Lipinski definition) is 3. The summed E-state index contributed by atoms with van der Waals surface area (Å²) in [5.74, 6) is 4.77. The van der Waals surface area contributed by atoms with Crippen LogP contribution in [0, 0.1) is 5.92 Å². The summed E-state index contributed by atoms with van der Waals surface area (Å²) >= 11 is 0. The predicted molar refractivity (Wildman–Crippen MR) is 82.8 cm³/mol. The van der Waals surface area contributed by atoms with Crippen LogP contribution in [0.4, 0.5) is 4.79 Å². The number of nitrogens with one attached hydrogen (secondary N) is 1. The Morgan fingerprint density at radius 3 is 2.33 bits per heavy atom. The SMILES string of the molecule is CC(C)C[C@H](NC(=O)N(N)Cc1ccccc1)C(=O)O.Cl. The number of halogens is 1. The second kappa shape index (κ2) is 9.20. The van der Waals surface area contributed by atoms with Gasteiger partial charge >= 0.3 is 12.0 Å². The number of hydrazine groups is 1. The number of hydrogen-bond donors (Lipinski definition) is 3. The minimum Gasteiger partial charge on any atom is -0.480 e. The summed E-state index contributed by atoms with van der Waals surface area (Å²) in [5.41, 5.74) is 0.876. The maximum absolute atomic E-state index is 11.9. The quantitative estimate of drug-likeness (QED) is 0.425. The fraction of sp³-hybridized carbons (Fsp3) is 0.429. The van der Waals surface area contributed by atoms with Gasteiger partial charge in [-0.3, -0.25) is 5.01 Å². The Morgan fingerprint density at radius 1 is 1.29 bits per heavy atom. The lowest BCUT2D eigenvalue weighted by atomic mass is 10.0. The van der Waals surface area contributed by atoms with Crippen LogP contribution >= 0.6 is 12.4 Å². The Morgan fingerprint density at radius 2 is 1.86 bits per heavy atom. The molecule has 0 unspecified atom stereocenters. The molecule has 1 aromatic carbocycles. The van der Waals surface area contributed by atoms with Crippen LogP contribution in [0.2, 0.25) is 0 Å². The number of nitrogens with two attached hydrogens (primary N) is 1. The zero-order chi connectivity index (χ0) is 15.1. The molecule has 2 amide bonds. The summed E-state index contributed by atoms with van der Waals surface area (Å²) in [6, 6.07) is 7.73. The molecule has 0 saturated carbocycles. The van der Waals surface area contributed by atoms with E-state index in [1.807, 2.05) is 44.2 Å². The number of rotatable bonds is 6. The fourth-order valence-electron chi connectivity index (χ4n) is 1.78. The van der Waals surface area contributed by atoms with E-state index in [9.17, 15) is 9.59 Å². The molecule has 4 N–H and O–H groups in total. The molecule has 0 aliphatic heterocycles. The van der Waals surface area contributed by atoms with Gasteiger partial charge in [0, 0.05) is 0 Å². The summed E-state index contributed by atoms with van der Waals surface area (Å²) in [6.07, 6.45) is 0.361. The monoisotopic (exact) mass is 315 g/mol. The number of aliphatic carboxylic acids is 1. The van der Waals surface area contributed by atoms with Gasteiger partial charge in [-0.05, 0) is 17.9 Å². The van der Waals surface area contributed by atoms with Crippen LogP contribution < -0.4 is 11.2 Å². The molecule has 0 spiro atoms. The van der Waals surface area contributed by atoms with Crippen molar-refractivity contribution >= 4 is 24.4 Å². The van der Waals surface area contributed by atoms with Gasteiger partial charge < -0.3 is 10.4 Å². The smallest absolute Gasteiger partial charge is 0.332 e. The number of nitrogens with zero attached hydrogens (tertiary/aromatic N) is 1. The molecule has 118 valence electrons. The lowest BCUT2D eigenvalue weighted by Gasteiger charge is -2.22. The minimum atomic E-state index is -1.06. The molecule has 0 aromatic heterocycles. The molecular formula is C14H22ClN3O3. The van der Waals surface area contributed by atoms with E-state index in [4.69, 9.17) is 10.9 Å². The van der Waals surface area contributed by atoms with Gasteiger partial charge in [0.2, 0.25) is 0 Å². The number of amides is 2. The van der Waals surface area contributed by atoms with Gasteiger partial charge in [-0.2, -0.15) is 0 Å². The highest BCUT2D eigenvalue weighted by atomic mass is 35.5. The molecule has 0 aliphatic rings. The highest BCUT2D eigenvalue weighted by molar-refractivity contribution is 5.85. The first kappa shape index (κ1) is 19.2. The van der Waals surface area contributed by atoms with E-state index < -0.39 is 18.0 Å². The van der Waals surface area contributed by atoms with Gasteiger partial charge in [-0.25, -0.2) is 15.4 Å². The third-order valence-electron chi connectivity index (χ3n) is 2.76. The van der Waals surface area contributed by atoms with Crippen molar-refractivity contribution in [1.29, 1.82) is 0 Å². The van der Waals surface area contributed by atoms with E-state index in [0.717, 1.165) is 10.6 Å². The molecule has 0 heterocycles. The third-order valence-corrected chi connectivity index (χ3v) is 2.76. The van der Waals surface area contributed by atoms with Gasteiger partial charge in [-0.15, -0.1) is 12.4 Å². The average molecular weight is 316 g/mol. The lowest BCUT2D eigenvalue weighted by Crippen LogP contribution is -2.50. The maximum atomic E-state index is 11.9. The van der Waals surface area contributed by atoms with Crippen molar-refractivity contribution in [1.82, 2.24) is 10.3 Å². The fourth-order valence-corrected chi connectivity index (χ4v) is 1.78. The zero-order valence-electron chi connectivity index (χ0n) is 12.2. The van der Waals surface area contributed by atoms with Gasteiger partial charge in [0.05, 0.1) is 6.54 Å². The average Bonchev–Trinajstić information content (AvgIpc) is 2.38. The van der Waals surface area contributed by atoms with Gasteiger partial charge in [-0.1, -0.05) is 44.2 Å². The number of carboxylic acids is 1. The molecule has 6 nitrogen and oxygen atoms in total. The van der Waals surface area contributed by atoms with Gasteiger partial charge in [0.1, 0.15) is 6.04 Å². The number of carbonyl (C=O) groups excluding carboxylic acids is 1. The van der Waals surface area contributed by atoms with Crippen LogP contribution in [0.15, 0.2) is 30.3 Å². The second-order valence-corrected chi connectivity index (χ2v) is 5.08. The van der Waals surface area contributed by atoms with Gasteiger partial charge in [0.25, 0.3) is 0 Å². The first-order valence-electron chi connectivity index (χ1n) is 6.49. The second-order valence-electron chi connectivity index (χ2n) is 5.08. The normalized spacial score (nSPS) is 11.4. The number of carbonyl (C=O) groups is 2. The van der Waals surface area contributed by atoms with Crippen LogP contribution in [-0.2, 0) is 11.3 Å². The molecular weight excluding hydrogens is 294 g/mol. The minimum absolute atomic E-state index is 0. The van der Waals surface area contributed by atoms with E-state index in [1.54, 1.807) is 0 Å². The van der Waals surface area contributed by atoms with Crippen LogP contribution in [0.25, 0.3) is 0 Å². The Hall–Kier alpha value is -1.79. The summed E-state index contributed by atoms with van der Waals surface area (Å²) in [7, 11) is 0. The van der Waals surface area contributed by atoms with Crippen molar-refractivity contribution < 1.29 is 14.7 Å². The van der Waals surface area contributed by atoms with E-state index in [0.29, 0.717) is 6.42 Å². The summed E-state index contributed by atoms with van der Waals surface area (Å²) < 4.78 is 0. The van der Waals surface area contributed by atoms with Crippen molar-refractivity contribution in [3.8, 4) is 0 Å². The van der Waals surface area contributed by atoms with Crippen molar-refractivity contribution in [2.45, 2.75) is 32.9 Å². The highest BCUT2D eigenvalue weighted by Crippen LogP contribution is 2.06. The molecule has 0 radical (unpaired) electrons. The maximum Gasteiger partial charge on any atom is 0.332 e. The molecule has 21 heavy (non-hydrogen) atoms. The van der Waals surface area contributed by atoms with Crippen LogP contribution in [0.5, 0.6) is 0 Å². The van der Waals surface area contributed by atoms with Crippen LogP contribution in [0.1, 0.15) is 25.8 Å². The Labute approximate surface area is 130 Å². The molecule has 1 aromatic rings. The lowest BCUT2D eigenvalue weighted by molar-refractivity contribution is -0.139. The summed E-state index contributed by atoms with van der Waals surface area (Å²) in [5, 5.41) is 12.5. The van der Waals surface area contributed by atoms with E-state index in [2.05, 4.69) is 5.32 Å². The standard InChI is InChI=1S/C14H21N3O3.ClH/c1-10(2)8-12(13(18)19)16-14(20)17(15)9-11-6-4-3-5-7-11;/h3-7,10,12H,8-9,15H2,1-2H3,(H,16,20)(H,18,19);1H/t12-;/m0./s1. The van der Waals surface area contributed by atoms with Gasteiger partial charge in [0.15, 0.2) is 0 Å². The number of carboxylic acid groups (broad SMARTS) is 1. The molecule has 7 heteroatoms. The predicted octanol–water partition coefficient (Wildman–Crippen LogP) is 1.99. The van der Waals surface area contributed by atoms with Crippen molar-refractivity contribution in [2.75, 3.05) is 0 Å². The molecule has 0 bridgehead atoms. The number of benzene rings is 1. The molecule has 1 rings (SSSR count). The van der Waals surface area contributed by atoms with Crippen molar-refractivity contribution in [3.63, 3.8) is 0 Å². The summed E-state index contributed by atoms with van der Waals surface area (Å²) in [6.45, 7) is 4.01. The van der Waals surface area contributed by atoms with Crippen LogP contribution in [0.3, 0.4) is 0 Å². The molecule has 1 atom stereocenters. The molecule has 0 fully saturated rings. The zero-order valence-corrected chi connectivity index (χ0v) is 13.0. The molecule has 0 saturated heterocycles. The van der Waals surface area contributed by atoms with Crippen molar-refractivity contribution in [2.24, 2.45) is 11.8 Å². The highest BCUT2D eigenvalue weighted by Gasteiger charge is 2.22. The van der Waals surface area contributed by atoms with Crippen molar-refractivity contribution in [3.05, 3.63) is 35.9 Å². The van der Waals surface area contributed by atoms with E-state index in [1.165, 1.54) is 0 Å². The third kappa shape index (κ3) is 6.97. The Bertz CT molecular complexity index is 454. The topological polar surface area (TPSA) is 95.7 Å². The van der Waals surface area contributed by atoms with E-state index >= 15 is 0 Å². The first-order chi connectivity index (χ1) is 9.40. The largest absolute Gasteiger partial charge is 0.480 e. The summed E-state index contributed by atoms with van der Waals surface area (Å²) in [4.78, 5) is 22.9. The Balaban J connectivity index is 0.00000400. The first-order valence-corrected chi connectivity index (χ1v) is 6.49. The Kier molecular flexibility index (Phi) is 8.42. The molecule has 0 aliphatic carbocycles. The van der Waals surface area contributed by atoms with Crippen LogP contribution in [-0.4, -0.2) is 28.2 Å².